The number of amides is 2. The molecule has 33 heavy (non-hydrogen) atoms. The first-order valence-corrected chi connectivity index (χ1v) is 11.1. The zero-order valence-corrected chi connectivity index (χ0v) is 19.1. The second-order valence-electron chi connectivity index (χ2n) is 8.51. The molecule has 0 aliphatic carbocycles. The van der Waals surface area contributed by atoms with Gasteiger partial charge in [-0.1, -0.05) is 54.1 Å². The van der Waals surface area contributed by atoms with Crippen LogP contribution in [0.3, 0.4) is 0 Å². The molecular formula is C28H27N3O2. The molecule has 0 bridgehead atoms. The van der Waals surface area contributed by atoms with Crippen LogP contribution in [0.1, 0.15) is 34.0 Å². The van der Waals surface area contributed by atoms with Crippen molar-refractivity contribution < 1.29 is 9.53 Å². The third-order valence-corrected chi connectivity index (χ3v) is 6.18. The van der Waals surface area contributed by atoms with Gasteiger partial charge in [-0.2, -0.15) is 0 Å². The molecule has 0 spiro atoms. The van der Waals surface area contributed by atoms with Gasteiger partial charge in [0.25, 0.3) is 0 Å². The number of urea groups is 1. The van der Waals surface area contributed by atoms with Crippen molar-refractivity contribution in [2.45, 2.75) is 26.4 Å². The largest absolute Gasteiger partial charge is 0.495 e. The van der Waals surface area contributed by atoms with Gasteiger partial charge in [0.1, 0.15) is 5.75 Å². The van der Waals surface area contributed by atoms with Gasteiger partial charge < -0.3 is 19.5 Å². The normalized spacial score (nSPS) is 14.8. The number of para-hydroxylation sites is 1. The van der Waals surface area contributed by atoms with Crippen LogP contribution < -0.4 is 10.1 Å². The van der Waals surface area contributed by atoms with E-state index in [2.05, 4.69) is 65.5 Å². The van der Waals surface area contributed by atoms with Gasteiger partial charge >= 0.3 is 6.03 Å². The lowest BCUT2D eigenvalue weighted by Crippen LogP contribution is -2.38. The van der Waals surface area contributed by atoms with Gasteiger partial charge in [-0.25, -0.2) is 4.79 Å². The van der Waals surface area contributed by atoms with Crippen molar-refractivity contribution in [1.82, 2.24) is 9.47 Å². The molecule has 166 valence electrons. The zero-order chi connectivity index (χ0) is 22.9. The van der Waals surface area contributed by atoms with E-state index < -0.39 is 0 Å². The molecule has 5 nitrogen and oxygen atoms in total. The molecule has 2 heterocycles. The van der Waals surface area contributed by atoms with E-state index in [1.807, 2.05) is 48.2 Å². The van der Waals surface area contributed by atoms with E-state index in [0.29, 0.717) is 18.0 Å². The number of nitrogens with zero attached hydrogens (tertiary/aromatic N) is 2. The van der Waals surface area contributed by atoms with E-state index in [0.717, 1.165) is 33.6 Å². The van der Waals surface area contributed by atoms with Crippen LogP contribution in [-0.2, 0) is 6.54 Å². The second kappa shape index (κ2) is 8.51. The lowest BCUT2D eigenvalue weighted by molar-refractivity contribution is 0.194. The Kier molecular flexibility index (Phi) is 5.38. The van der Waals surface area contributed by atoms with Crippen LogP contribution in [0.4, 0.5) is 10.5 Å². The molecule has 0 saturated carbocycles. The summed E-state index contributed by atoms with van der Waals surface area (Å²) in [7, 11) is 1.62. The minimum atomic E-state index is -0.247. The van der Waals surface area contributed by atoms with Gasteiger partial charge in [-0.15, -0.1) is 0 Å². The maximum atomic E-state index is 13.9. The van der Waals surface area contributed by atoms with Crippen molar-refractivity contribution in [3.05, 3.63) is 113 Å². The number of hydrogen-bond donors (Lipinski definition) is 1. The molecule has 0 saturated heterocycles. The summed E-state index contributed by atoms with van der Waals surface area (Å²) >= 11 is 0. The summed E-state index contributed by atoms with van der Waals surface area (Å²) in [5.41, 5.74) is 7.20. The van der Waals surface area contributed by atoms with Gasteiger partial charge in [0.05, 0.1) is 31.1 Å². The fraction of sp³-hybridized carbons (Fsp3) is 0.179. The highest BCUT2D eigenvalue weighted by atomic mass is 16.5. The third kappa shape index (κ3) is 3.87. The molecule has 0 unspecified atom stereocenters. The summed E-state index contributed by atoms with van der Waals surface area (Å²) in [6.07, 6.45) is 2.07. The molecule has 4 aromatic rings. The average molecular weight is 438 g/mol. The number of anilines is 1. The molecular weight excluding hydrogens is 410 g/mol. The standard InChI is InChI=1S/C28H27N3O2/c1-19-8-6-10-21(16-19)27-25-12-7-15-30(25)24-11-5-4-9-22(24)18-31(27)28(32)29-23-17-20(2)13-14-26(23)33-3/h4-17,27H,18H2,1-3H3,(H,29,32)/t27-/m1/s1. The number of ether oxygens (including phenoxy) is 1. The molecule has 5 heteroatoms. The molecule has 5 rings (SSSR count). The van der Waals surface area contributed by atoms with E-state index in [-0.39, 0.29) is 12.1 Å². The van der Waals surface area contributed by atoms with Gasteiger partial charge in [0, 0.05) is 11.9 Å². The molecule has 2 amide bonds. The van der Waals surface area contributed by atoms with Crippen molar-refractivity contribution in [3.8, 4) is 11.4 Å². The quantitative estimate of drug-likeness (QED) is 0.412. The fourth-order valence-corrected chi connectivity index (χ4v) is 4.64. The van der Waals surface area contributed by atoms with Crippen molar-refractivity contribution in [2.24, 2.45) is 0 Å². The van der Waals surface area contributed by atoms with Crippen LogP contribution in [0.15, 0.2) is 85.1 Å². The fourth-order valence-electron chi connectivity index (χ4n) is 4.64. The molecule has 1 atom stereocenters. The molecule has 3 aromatic carbocycles. The average Bonchev–Trinajstić information content (AvgIpc) is 3.23. The van der Waals surface area contributed by atoms with E-state index >= 15 is 0 Å². The van der Waals surface area contributed by atoms with E-state index in [4.69, 9.17) is 4.74 Å². The lowest BCUT2D eigenvalue weighted by Gasteiger charge is -2.31. The SMILES string of the molecule is COc1ccc(C)cc1NC(=O)N1Cc2ccccc2-n2cccc2[C@H]1c1cccc(C)c1. The minimum Gasteiger partial charge on any atom is -0.495 e. The van der Waals surface area contributed by atoms with E-state index in [1.54, 1.807) is 7.11 Å². The summed E-state index contributed by atoms with van der Waals surface area (Å²) in [5, 5.41) is 3.12. The molecule has 1 aliphatic heterocycles. The number of hydrogen-bond acceptors (Lipinski definition) is 2. The van der Waals surface area contributed by atoms with Gasteiger partial charge in [-0.3, -0.25) is 0 Å². The highest BCUT2D eigenvalue weighted by molar-refractivity contribution is 5.92. The molecule has 1 N–H and O–H groups in total. The number of methoxy groups -OCH3 is 1. The number of carbonyl (C=O) groups is 1. The third-order valence-electron chi connectivity index (χ3n) is 6.18. The van der Waals surface area contributed by atoms with Gasteiger partial charge in [0.15, 0.2) is 0 Å². The lowest BCUT2D eigenvalue weighted by atomic mass is 10.00. The Bertz CT molecular complexity index is 1320. The minimum absolute atomic E-state index is 0.171. The first kappa shape index (κ1) is 20.9. The molecule has 0 radical (unpaired) electrons. The summed E-state index contributed by atoms with van der Waals surface area (Å²) in [6, 6.07) is 26.2. The zero-order valence-electron chi connectivity index (χ0n) is 19.1. The van der Waals surface area contributed by atoms with E-state index in [1.165, 1.54) is 0 Å². The van der Waals surface area contributed by atoms with E-state index in [9.17, 15) is 4.79 Å². The Morgan fingerprint density at radius 2 is 1.76 bits per heavy atom. The maximum absolute atomic E-state index is 13.9. The second-order valence-corrected chi connectivity index (χ2v) is 8.51. The number of aryl methyl sites for hydroxylation is 2. The summed E-state index contributed by atoms with van der Waals surface area (Å²) < 4.78 is 7.70. The molecule has 0 fully saturated rings. The van der Waals surface area contributed by atoms with Crippen molar-refractivity contribution in [3.63, 3.8) is 0 Å². The van der Waals surface area contributed by atoms with Crippen LogP contribution in [0, 0.1) is 13.8 Å². The molecule has 1 aromatic heterocycles. The Labute approximate surface area is 194 Å². The summed E-state index contributed by atoms with van der Waals surface area (Å²) in [4.78, 5) is 15.8. The maximum Gasteiger partial charge on any atom is 0.323 e. The Morgan fingerprint density at radius 1 is 0.939 bits per heavy atom. The predicted octanol–water partition coefficient (Wildman–Crippen LogP) is 6.24. The van der Waals surface area contributed by atoms with Crippen LogP contribution >= 0.6 is 0 Å². The topological polar surface area (TPSA) is 46.5 Å². The van der Waals surface area contributed by atoms with Crippen LogP contribution in [0.2, 0.25) is 0 Å². The summed E-state index contributed by atoms with van der Waals surface area (Å²) in [5.74, 6) is 0.639. The summed E-state index contributed by atoms with van der Waals surface area (Å²) in [6.45, 7) is 4.56. The van der Waals surface area contributed by atoms with Crippen LogP contribution in [-0.4, -0.2) is 22.6 Å². The van der Waals surface area contributed by atoms with Gasteiger partial charge in [-0.05, 0) is 60.9 Å². The Hall–Kier alpha value is -3.99. The number of carbonyl (C=O) groups excluding carboxylic acids is 1. The highest BCUT2D eigenvalue weighted by Gasteiger charge is 2.33. The predicted molar refractivity (Wildman–Crippen MR) is 131 cm³/mol. The highest BCUT2D eigenvalue weighted by Crippen LogP contribution is 2.37. The first-order chi connectivity index (χ1) is 16.0. The smallest absolute Gasteiger partial charge is 0.323 e. The van der Waals surface area contributed by atoms with Crippen molar-refractivity contribution in [2.75, 3.05) is 12.4 Å². The Morgan fingerprint density at radius 3 is 2.58 bits per heavy atom. The first-order valence-electron chi connectivity index (χ1n) is 11.1. The number of nitrogens with one attached hydrogen (secondary N) is 1. The number of rotatable bonds is 3. The molecule has 1 aliphatic rings. The van der Waals surface area contributed by atoms with Crippen LogP contribution in [0.5, 0.6) is 5.75 Å². The van der Waals surface area contributed by atoms with Crippen molar-refractivity contribution >= 4 is 11.7 Å². The monoisotopic (exact) mass is 437 g/mol. The van der Waals surface area contributed by atoms with Crippen LogP contribution in [0.25, 0.3) is 5.69 Å². The number of fused-ring (bicyclic) bond motifs is 3. The number of benzene rings is 3. The van der Waals surface area contributed by atoms with Gasteiger partial charge in [0.2, 0.25) is 0 Å². The number of aromatic nitrogens is 1. The Balaban J connectivity index is 1.64. The van der Waals surface area contributed by atoms with Crippen molar-refractivity contribution in [1.29, 1.82) is 0 Å².